The summed E-state index contributed by atoms with van der Waals surface area (Å²) in [5, 5.41) is 3.18. The Labute approximate surface area is 241 Å². The summed E-state index contributed by atoms with van der Waals surface area (Å²) in [7, 11) is -4.20. The maximum Gasteiger partial charge on any atom is 0.269 e. The molecule has 2 aliphatic rings. The van der Waals surface area contributed by atoms with E-state index in [1.54, 1.807) is 12.1 Å². The summed E-state index contributed by atoms with van der Waals surface area (Å²) in [4.78, 5) is 42.5. The molecule has 0 spiro atoms. The molecule has 214 valence electrons. The third kappa shape index (κ3) is 6.20. The molecule has 1 N–H and O–H groups in total. The van der Waals surface area contributed by atoms with E-state index in [0.717, 1.165) is 48.8 Å². The molecule has 9 heteroatoms. The first-order chi connectivity index (χ1) is 19.8. The fraction of sp³-hybridized carbons (Fsp3) is 0.344. The largest absolute Gasteiger partial charge is 0.352 e. The Morgan fingerprint density at radius 1 is 0.927 bits per heavy atom. The zero-order chi connectivity index (χ0) is 29.0. The van der Waals surface area contributed by atoms with E-state index >= 15 is 0 Å². The number of hydrogen-bond donors (Lipinski definition) is 1. The maximum atomic E-state index is 14.1. The van der Waals surface area contributed by atoms with Gasteiger partial charge in [-0.25, -0.2) is 12.7 Å². The molecule has 3 aromatic carbocycles. The van der Waals surface area contributed by atoms with Crippen molar-refractivity contribution in [2.75, 3.05) is 6.54 Å². The van der Waals surface area contributed by atoms with Gasteiger partial charge >= 0.3 is 0 Å². The van der Waals surface area contributed by atoms with Gasteiger partial charge in [-0.2, -0.15) is 0 Å². The number of nitrogens with one attached hydrogen (secondary N) is 1. The molecular weight excluding hydrogens is 538 g/mol. The summed E-state index contributed by atoms with van der Waals surface area (Å²) in [6.45, 7) is 1.33. The molecule has 0 aromatic heterocycles. The van der Waals surface area contributed by atoms with Crippen LogP contribution in [0.3, 0.4) is 0 Å². The van der Waals surface area contributed by atoms with Gasteiger partial charge in [-0.1, -0.05) is 86.0 Å². The number of carbonyl (C=O) groups excluding carboxylic acids is 3. The Hall–Kier alpha value is -3.98. The summed E-state index contributed by atoms with van der Waals surface area (Å²) >= 11 is 0. The standard InChI is InChI=1S/C32H35N3O5S/c1-23-12-8-9-15-25(23)21-34(30(36)22-35-32(38)27-18-10-11-19-29(27)41(35,39)40)28(20-24-13-4-2-5-14-24)31(37)33-26-16-6-3-7-17-26/h2,4-5,8-15,18-19,26,28H,3,6-7,16-17,20-22H2,1H3,(H,33,37). The second kappa shape index (κ2) is 12.3. The van der Waals surface area contributed by atoms with Crippen LogP contribution >= 0.6 is 0 Å². The van der Waals surface area contributed by atoms with Crippen molar-refractivity contribution in [1.82, 2.24) is 14.5 Å². The van der Waals surface area contributed by atoms with Crippen LogP contribution in [0.4, 0.5) is 0 Å². The van der Waals surface area contributed by atoms with Gasteiger partial charge < -0.3 is 10.2 Å². The van der Waals surface area contributed by atoms with Crippen LogP contribution in [0.5, 0.6) is 0 Å². The lowest BCUT2D eigenvalue weighted by atomic mass is 9.94. The molecule has 0 bridgehead atoms. The number of rotatable bonds is 9. The van der Waals surface area contributed by atoms with Crippen molar-refractivity contribution >= 4 is 27.7 Å². The summed E-state index contributed by atoms with van der Waals surface area (Å²) in [5.74, 6) is -1.63. The molecule has 1 fully saturated rings. The average molecular weight is 574 g/mol. The number of carbonyl (C=O) groups is 3. The van der Waals surface area contributed by atoms with E-state index in [-0.39, 0.29) is 35.4 Å². The van der Waals surface area contributed by atoms with Crippen LogP contribution in [0.25, 0.3) is 0 Å². The second-order valence-corrected chi connectivity index (χ2v) is 12.6. The topological polar surface area (TPSA) is 104 Å². The van der Waals surface area contributed by atoms with Crippen LogP contribution in [-0.2, 0) is 32.6 Å². The number of aryl methyl sites for hydroxylation is 1. The number of amides is 3. The number of hydrogen-bond acceptors (Lipinski definition) is 5. The van der Waals surface area contributed by atoms with E-state index in [1.807, 2.05) is 61.5 Å². The smallest absolute Gasteiger partial charge is 0.269 e. The van der Waals surface area contributed by atoms with Gasteiger partial charge in [0.15, 0.2) is 0 Å². The SMILES string of the molecule is Cc1ccccc1CN(C(=O)CN1C(=O)c2ccccc2S1(=O)=O)C(Cc1ccccc1)C(=O)NC1CCCCC1. The molecule has 1 saturated carbocycles. The lowest BCUT2D eigenvalue weighted by Gasteiger charge is -2.34. The van der Waals surface area contributed by atoms with Crippen molar-refractivity contribution in [3.8, 4) is 0 Å². The Balaban J connectivity index is 1.50. The highest BCUT2D eigenvalue weighted by atomic mass is 32.2. The minimum Gasteiger partial charge on any atom is -0.352 e. The van der Waals surface area contributed by atoms with Crippen molar-refractivity contribution in [3.05, 3.63) is 101 Å². The molecule has 1 aliphatic carbocycles. The average Bonchev–Trinajstić information content (AvgIpc) is 3.17. The van der Waals surface area contributed by atoms with E-state index in [9.17, 15) is 22.8 Å². The number of benzene rings is 3. The molecule has 1 aliphatic heterocycles. The molecule has 8 nitrogen and oxygen atoms in total. The fourth-order valence-corrected chi connectivity index (χ4v) is 7.19. The quantitative estimate of drug-likeness (QED) is 0.413. The number of fused-ring (bicyclic) bond motifs is 1. The van der Waals surface area contributed by atoms with Crippen molar-refractivity contribution in [2.45, 2.75) is 69.0 Å². The van der Waals surface area contributed by atoms with E-state index in [4.69, 9.17) is 0 Å². The molecule has 0 saturated heterocycles. The highest BCUT2D eigenvalue weighted by Gasteiger charge is 2.43. The number of sulfonamides is 1. The zero-order valence-electron chi connectivity index (χ0n) is 23.2. The van der Waals surface area contributed by atoms with Crippen molar-refractivity contribution in [2.24, 2.45) is 0 Å². The van der Waals surface area contributed by atoms with Crippen LogP contribution in [0.1, 0.15) is 59.2 Å². The van der Waals surface area contributed by atoms with Crippen molar-refractivity contribution in [1.29, 1.82) is 0 Å². The molecule has 3 aromatic rings. The maximum absolute atomic E-state index is 14.1. The fourth-order valence-electron chi connectivity index (χ4n) is 5.67. The third-order valence-electron chi connectivity index (χ3n) is 8.02. The van der Waals surface area contributed by atoms with Crippen LogP contribution < -0.4 is 5.32 Å². The first-order valence-corrected chi connectivity index (χ1v) is 15.5. The number of nitrogens with zero attached hydrogens (tertiary/aromatic N) is 2. The lowest BCUT2D eigenvalue weighted by molar-refractivity contribution is -0.141. The van der Waals surface area contributed by atoms with Gasteiger partial charge in [-0.05, 0) is 48.6 Å². The van der Waals surface area contributed by atoms with Crippen molar-refractivity contribution in [3.63, 3.8) is 0 Å². The predicted molar refractivity (Wildman–Crippen MR) is 155 cm³/mol. The van der Waals surface area contributed by atoms with E-state index in [1.165, 1.54) is 17.0 Å². The monoisotopic (exact) mass is 573 g/mol. The molecule has 41 heavy (non-hydrogen) atoms. The summed E-state index contributed by atoms with van der Waals surface area (Å²) in [6.07, 6.45) is 5.23. The Morgan fingerprint density at radius 2 is 1.59 bits per heavy atom. The van der Waals surface area contributed by atoms with Gasteiger partial charge in [0.1, 0.15) is 17.5 Å². The highest BCUT2D eigenvalue weighted by molar-refractivity contribution is 7.90. The van der Waals surface area contributed by atoms with Gasteiger partial charge in [0.05, 0.1) is 5.56 Å². The molecule has 1 unspecified atom stereocenters. The Kier molecular flexibility index (Phi) is 8.54. The second-order valence-electron chi connectivity index (χ2n) is 10.8. The van der Waals surface area contributed by atoms with Crippen LogP contribution in [0, 0.1) is 6.92 Å². The first-order valence-electron chi connectivity index (χ1n) is 14.1. The van der Waals surface area contributed by atoms with Gasteiger partial charge in [0, 0.05) is 19.0 Å². The molecule has 5 rings (SSSR count). The third-order valence-corrected chi connectivity index (χ3v) is 9.80. The van der Waals surface area contributed by atoms with Crippen LogP contribution in [0.15, 0.2) is 83.8 Å². The highest BCUT2D eigenvalue weighted by Crippen LogP contribution is 2.30. The van der Waals surface area contributed by atoms with Crippen molar-refractivity contribution < 1.29 is 22.8 Å². The molecular formula is C32H35N3O5S. The zero-order valence-corrected chi connectivity index (χ0v) is 24.0. The summed E-state index contributed by atoms with van der Waals surface area (Å²) in [5.41, 5.74) is 2.69. The Morgan fingerprint density at radius 3 is 2.29 bits per heavy atom. The predicted octanol–water partition coefficient (Wildman–Crippen LogP) is 4.23. The molecule has 1 heterocycles. The van der Waals surface area contributed by atoms with Gasteiger partial charge in [-0.3, -0.25) is 14.4 Å². The minimum atomic E-state index is -4.20. The summed E-state index contributed by atoms with van der Waals surface area (Å²) in [6, 6.07) is 22.1. The first kappa shape index (κ1) is 28.5. The normalized spacial score (nSPS) is 17.1. The molecule has 3 amide bonds. The van der Waals surface area contributed by atoms with Crippen LogP contribution in [0.2, 0.25) is 0 Å². The summed E-state index contributed by atoms with van der Waals surface area (Å²) < 4.78 is 27.2. The van der Waals surface area contributed by atoms with Crippen LogP contribution in [-0.4, -0.2) is 54.0 Å². The van der Waals surface area contributed by atoms with E-state index in [0.29, 0.717) is 4.31 Å². The Bertz CT molecular complexity index is 1530. The minimum absolute atomic E-state index is 0.0278. The molecule has 0 radical (unpaired) electrons. The molecule has 1 atom stereocenters. The van der Waals surface area contributed by atoms with E-state index < -0.39 is 34.4 Å². The lowest BCUT2D eigenvalue weighted by Crippen LogP contribution is -2.55. The van der Waals surface area contributed by atoms with Gasteiger partial charge in [0.25, 0.3) is 15.9 Å². The van der Waals surface area contributed by atoms with Gasteiger partial charge in [-0.15, -0.1) is 0 Å². The van der Waals surface area contributed by atoms with Gasteiger partial charge in [0.2, 0.25) is 11.8 Å². The van der Waals surface area contributed by atoms with E-state index in [2.05, 4.69) is 5.32 Å².